The molecule has 0 unspecified atom stereocenters. The maximum atomic E-state index is 15.1. The van der Waals surface area contributed by atoms with E-state index in [0.717, 1.165) is 11.8 Å². The number of nitrogens with zero attached hydrogens (tertiary/aromatic N) is 4. The van der Waals surface area contributed by atoms with Gasteiger partial charge in [-0.2, -0.15) is 0 Å². The number of carbonyl (C=O) groups is 17. The first kappa shape index (κ1) is 99.9. The van der Waals surface area contributed by atoms with Gasteiger partial charge in [0.05, 0.1) is 37.7 Å². The highest BCUT2D eigenvalue weighted by Crippen LogP contribution is 2.28. The molecular weight excluding hydrogens is 1560 g/mol. The lowest BCUT2D eigenvalue weighted by molar-refractivity contribution is -0.146. The molecule has 14 atom stereocenters. The van der Waals surface area contributed by atoms with Crippen molar-refractivity contribution in [3.63, 3.8) is 0 Å². The number of rotatable bonds is 54. The molecule has 0 radical (unpaired) electrons. The minimum absolute atomic E-state index is 0.00214. The molecule has 1 aromatic carbocycles. The van der Waals surface area contributed by atoms with Crippen LogP contribution in [0.4, 0.5) is 0 Å². The number of imidazole rings is 1. The number of hydrogen-bond acceptors (Lipinski definition) is 22. The van der Waals surface area contributed by atoms with Gasteiger partial charge in [0, 0.05) is 57.7 Å². The van der Waals surface area contributed by atoms with Crippen LogP contribution in [0.3, 0.4) is 0 Å². The molecule has 2 fully saturated rings. The lowest BCUT2D eigenvalue weighted by Gasteiger charge is -2.35. The number of amides is 13. The second-order valence-electron chi connectivity index (χ2n) is 31.0. The van der Waals surface area contributed by atoms with Gasteiger partial charge in [-0.3, -0.25) is 81.7 Å². The number of unbranched alkanes of at least 4 members (excludes halogenated alkanes) is 2. The van der Waals surface area contributed by atoms with E-state index in [1.165, 1.54) is 17.4 Å². The third kappa shape index (κ3) is 34.6. The van der Waals surface area contributed by atoms with Crippen LogP contribution in [0, 0.1) is 23.7 Å². The Morgan fingerprint density at radius 3 is 1.47 bits per heavy atom. The summed E-state index contributed by atoms with van der Waals surface area (Å²) in [5, 5.41) is 78.2. The summed E-state index contributed by atoms with van der Waals surface area (Å²) >= 11 is 0. The van der Waals surface area contributed by atoms with E-state index in [4.69, 9.17) is 22.9 Å². The second kappa shape index (κ2) is 51.0. The Bertz CT molecular complexity index is 3770. The number of aliphatic carboxylic acids is 4. The number of nitrogens with two attached hydrogens (primary N) is 4. The normalized spacial score (nSPS) is 16.8. The molecule has 13 amide bonds. The van der Waals surface area contributed by atoms with Crippen molar-refractivity contribution in [1.29, 1.82) is 0 Å². The fourth-order valence-corrected chi connectivity index (χ4v) is 13.9. The Kier molecular flexibility index (Phi) is 42.8. The minimum Gasteiger partial charge on any atom is -0.481 e. The molecule has 2 aromatic rings. The molecule has 0 spiro atoms. The van der Waals surface area contributed by atoms with Crippen molar-refractivity contribution in [1.82, 2.24) is 78.3 Å². The number of aliphatic imine (C=N–C) groups is 1. The van der Waals surface area contributed by atoms with Gasteiger partial charge < -0.3 is 122 Å². The Morgan fingerprint density at radius 1 is 0.504 bits per heavy atom. The molecule has 4 rings (SSSR count). The maximum Gasteiger partial charge on any atom is 0.326 e. The summed E-state index contributed by atoms with van der Waals surface area (Å²) in [5.74, 6) is -20.4. The van der Waals surface area contributed by atoms with Gasteiger partial charge in [-0.25, -0.2) is 9.78 Å². The van der Waals surface area contributed by atoms with E-state index in [0.29, 0.717) is 30.5 Å². The number of aromatic amines is 1. The van der Waals surface area contributed by atoms with E-state index in [1.807, 2.05) is 0 Å². The summed E-state index contributed by atoms with van der Waals surface area (Å²) in [4.78, 5) is 247. The molecule has 2 aliphatic rings. The average Bonchev–Trinajstić information content (AvgIpc) is 1.68. The fraction of sp³-hybridized carbons (Fsp3) is 0.649. The fourth-order valence-electron chi connectivity index (χ4n) is 13.9. The quantitative estimate of drug-likeness (QED) is 0.0171. The first-order valence-electron chi connectivity index (χ1n) is 40.2. The summed E-state index contributed by atoms with van der Waals surface area (Å²) in [5.41, 5.74) is 23.1. The van der Waals surface area contributed by atoms with Crippen molar-refractivity contribution in [3.05, 3.63) is 54.1 Å². The number of nitrogens with one attached hydrogen (secondary N) is 12. The molecule has 0 aliphatic carbocycles. The summed E-state index contributed by atoms with van der Waals surface area (Å²) in [7, 11) is 0. The molecule has 1 aromatic heterocycles. The van der Waals surface area contributed by atoms with Crippen LogP contribution in [0.25, 0.3) is 0 Å². The smallest absolute Gasteiger partial charge is 0.326 e. The summed E-state index contributed by atoms with van der Waals surface area (Å²) in [6.07, 6.45) is 0.854. The van der Waals surface area contributed by atoms with Crippen LogP contribution in [0.1, 0.15) is 175 Å². The van der Waals surface area contributed by atoms with Crippen LogP contribution in [0.2, 0.25) is 0 Å². The number of aromatic nitrogens is 2. The molecule has 3 heterocycles. The number of carbonyl (C=O) groups excluding carboxylic acids is 13. The molecule has 2 aliphatic heterocycles. The van der Waals surface area contributed by atoms with E-state index in [1.54, 1.807) is 71.9 Å². The zero-order valence-corrected chi connectivity index (χ0v) is 68.5. The number of guanidine groups is 1. The third-order valence-corrected chi connectivity index (χ3v) is 19.9. The number of aliphatic hydroxyl groups is 1. The highest BCUT2D eigenvalue weighted by atomic mass is 16.4. The monoisotopic (exact) mass is 1680 g/mol. The molecule has 42 heteroatoms. The largest absolute Gasteiger partial charge is 0.481 e. The molecular formula is C77H122N20O22. The lowest BCUT2D eigenvalue weighted by atomic mass is 9.86. The van der Waals surface area contributed by atoms with Gasteiger partial charge in [0.1, 0.15) is 72.5 Å². The third-order valence-electron chi connectivity index (χ3n) is 19.9. The van der Waals surface area contributed by atoms with Crippen molar-refractivity contribution in [2.75, 3.05) is 39.3 Å². The number of benzene rings is 1. The zero-order valence-electron chi connectivity index (χ0n) is 68.5. The Hall–Kier alpha value is -11.4. The van der Waals surface area contributed by atoms with E-state index in [-0.39, 0.29) is 134 Å². The van der Waals surface area contributed by atoms with Crippen LogP contribution in [-0.4, -0.2) is 270 Å². The number of carboxylic acids is 4. The topological polar surface area (TPSA) is 675 Å². The Labute approximate surface area is 689 Å². The number of aliphatic hydroxyl groups excluding tert-OH is 1. The molecule has 42 nitrogen and oxygen atoms in total. The van der Waals surface area contributed by atoms with Gasteiger partial charge in [-0.1, -0.05) is 71.9 Å². The molecule has 2 saturated heterocycles. The Balaban J connectivity index is 1.59. The molecule has 119 heavy (non-hydrogen) atoms. The summed E-state index contributed by atoms with van der Waals surface area (Å²) in [6, 6.07) is -11.2. The molecule has 25 N–H and O–H groups in total. The maximum absolute atomic E-state index is 15.1. The van der Waals surface area contributed by atoms with Gasteiger partial charge >= 0.3 is 23.9 Å². The van der Waals surface area contributed by atoms with Crippen LogP contribution >= 0.6 is 0 Å². The number of hydrogen-bond donors (Lipinski definition) is 21. The first-order valence-corrected chi connectivity index (χ1v) is 40.2. The standard InChI is InChI=1S/C77H122N20O22/c1-41(2)32-47(74(116)96-30-16-23-58(96)71(113)89-51(76(118)119)22-15-29-83-77(80)81)52(36-61(102)103)90-73(115)63(43(5)6)95-66(108)49(21-12-14-28-79)87-70(112)57(39-98)94-72(114)59-24-17-31-97(59)75(117)56(35-46-38-82-40-84-46)93-67(109)53(33-42(3)4)91-68(110)54(34-45-18-9-8-10-19-45)92-65(107)50(25-26-60(100)101)88-64(106)48(20-11-13-27-78)86-69(111)55(37-62(104)105)85-44(7)99/h8-10,18-19,38,40-43,47-59,63,98H,11-17,20-37,39,78-79H2,1-7H3,(H,82,84)(H,85,99)(H,86,111)(H,87,112)(H,88,106)(H,89,113)(H,90,115)(H,91,110)(H,92,107)(H,93,109)(H,94,114)(H,95,108)(H,100,101)(H,102,103)(H,104,105)(H,118,119)(H4,80,81,83)/t47-,48+,49+,50+,51+,52+,53+,54+,55+,56+,57+,58+,59+,63+/m1/s1. The molecule has 0 bridgehead atoms. The minimum atomic E-state index is -1.79. The average molecular weight is 1680 g/mol. The van der Waals surface area contributed by atoms with E-state index >= 15 is 4.79 Å². The number of H-pyrrole nitrogens is 1. The lowest BCUT2D eigenvalue weighted by Crippen LogP contribution is -2.61. The van der Waals surface area contributed by atoms with Gasteiger partial charge in [-0.15, -0.1) is 0 Å². The van der Waals surface area contributed by atoms with Crippen molar-refractivity contribution in [2.24, 2.45) is 51.6 Å². The molecule has 662 valence electrons. The first-order chi connectivity index (χ1) is 56.3. The van der Waals surface area contributed by atoms with E-state index < -0.39 is 223 Å². The summed E-state index contributed by atoms with van der Waals surface area (Å²) < 4.78 is 0. The highest BCUT2D eigenvalue weighted by Gasteiger charge is 2.45. The zero-order chi connectivity index (χ0) is 88.8. The van der Waals surface area contributed by atoms with Gasteiger partial charge in [0.25, 0.3) is 0 Å². The number of carboxylic acid groups (broad SMARTS) is 4. The van der Waals surface area contributed by atoms with Crippen molar-refractivity contribution >= 4 is 107 Å². The molecule has 0 saturated carbocycles. The summed E-state index contributed by atoms with van der Waals surface area (Å²) in [6.45, 7) is 10.5. The van der Waals surface area contributed by atoms with Crippen molar-refractivity contribution in [3.8, 4) is 0 Å². The highest BCUT2D eigenvalue weighted by molar-refractivity contribution is 6.00. The predicted octanol–water partition coefficient (Wildman–Crippen LogP) is -3.90. The van der Waals surface area contributed by atoms with Gasteiger partial charge in [-0.05, 0) is 133 Å². The van der Waals surface area contributed by atoms with Crippen LogP contribution in [0.5, 0.6) is 0 Å². The van der Waals surface area contributed by atoms with Crippen LogP contribution in [-0.2, 0) is 94.3 Å². The SMILES string of the molecule is CC(=O)N[C@@H](CC(=O)O)C(=O)N[C@@H](CCCCN)C(=O)N[C@@H](CCC(=O)O)C(=O)N[C@@H](Cc1ccccc1)C(=O)N[C@@H](CC(C)C)C(=O)N[C@@H](Cc1cnc[nH]1)C(=O)N1CCC[C@H]1C(=O)N[C@@H](CO)C(=O)N[C@@H](CCCCN)C(=O)N[C@H](C(=O)N[C@@H](CC(=O)O)[C@@H](CC(C)C)C(=O)N1CCC[C@H]1C(=O)N[C@@H](CCCN=C(N)N)C(=O)O)C(C)C. The van der Waals surface area contributed by atoms with Crippen LogP contribution in [0.15, 0.2) is 47.8 Å². The van der Waals surface area contributed by atoms with Crippen LogP contribution < -0.4 is 81.4 Å². The second-order valence-corrected chi connectivity index (χ2v) is 31.0. The van der Waals surface area contributed by atoms with Crippen molar-refractivity contribution < 1.29 is 107 Å². The predicted molar refractivity (Wildman–Crippen MR) is 428 cm³/mol. The number of likely N-dealkylation sites (tertiary alicyclic amines) is 2. The van der Waals surface area contributed by atoms with E-state index in [9.17, 15) is 102 Å². The van der Waals surface area contributed by atoms with Gasteiger partial charge in [0.2, 0.25) is 76.8 Å². The van der Waals surface area contributed by atoms with E-state index in [2.05, 4.69) is 73.4 Å². The Morgan fingerprint density at radius 2 is 0.983 bits per heavy atom. The van der Waals surface area contributed by atoms with Gasteiger partial charge in [0.15, 0.2) is 5.96 Å². The van der Waals surface area contributed by atoms with Crippen molar-refractivity contribution in [2.45, 2.75) is 255 Å².